The normalized spacial score (nSPS) is 10.1. The smallest absolute Gasteiger partial charge is 0.257 e. The topological polar surface area (TPSA) is 55.6 Å². The van der Waals surface area contributed by atoms with Crippen LogP contribution >= 0.6 is 11.6 Å². The summed E-state index contributed by atoms with van der Waals surface area (Å²) >= 11 is 5.93. The Bertz CT molecular complexity index is 417. The van der Waals surface area contributed by atoms with Crippen LogP contribution in [0.2, 0.25) is 5.02 Å². The summed E-state index contributed by atoms with van der Waals surface area (Å²) in [7, 11) is 1.50. The largest absolute Gasteiger partial charge is 0.496 e. The van der Waals surface area contributed by atoms with Crippen LogP contribution in [0.25, 0.3) is 0 Å². The first-order valence-electron chi connectivity index (χ1n) is 5.47. The predicted octanol–water partition coefficient (Wildman–Crippen LogP) is 2.41. The van der Waals surface area contributed by atoms with Gasteiger partial charge in [-0.2, -0.15) is 0 Å². The number of rotatable bonds is 4. The molecule has 0 unspecified atom stereocenters. The van der Waals surface area contributed by atoms with Crippen LogP contribution in [0.5, 0.6) is 5.75 Å². The molecule has 0 saturated heterocycles. The molecule has 1 aromatic rings. The molecule has 5 heteroatoms. The van der Waals surface area contributed by atoms with Gasteiger partial charge in [-0.15, -0.1) is 0 Å². The molecule has 0 fully saturated rings. The summed E-state index contributed by atoms with van der Waals surface area (Å²) in [6, 6.07) is 3.12. The van der Waals surface area contributed by atoms with Gasteiger partial charge in [0, 0.05) is 19.2 Å². The maximum Gasteiger partial charge on any atom is 0.257 e. The van der Waals surface area contributed by atoms with Crippen molar-refractivity contribution in [2.75, 3.05) is 25.9 Å². The lowest BCUT2D eigenvalue weighted by Crippen LogP contribution is -2.30. The fourth-order valence-electron chi connectivity index (χ4n) is 1.59. The number of carbonyl (C=O) groups excluding carboxylic acids is 1. The van der Waals surface area contributed by atoms with Crippen molar-refractivity contribution >= 4 is 23.2 Å². The van der Waals surface area contributed by atoms with E-state index in [0.29, 0.717) is 35.1 Å². The number of nitrogens with two attached hydrogens (primary N) is 1. The zero-order chi connectivity index (χ0) is 13.0. The van der Waals surface area contributed by atoms with Gasteiger partial charge in [0.25, 0.3) is 5.91 Å². The lowest BCUT2D eigenvalue weighted by Gasteiger charge is -2.20. The summed E-state index contributed by atoms with van der Waals surface area (Å²) in [4.78, 5) is 13.9. The van der Waals surface area contributed by atoms with E-state index < -0.39 is 0 Å². The zero-order valence-corrected chi connectivity index (χ0v) is 11.0. The SMILES string of the molecule is CCN(CC)C(=O)c1cc(Cl)c(N)cc1OC. The number of ether oxygens (including phenoxy) is 1. The molecule has 0 spiro atoms. The summed E-state index contributed by atoms with van der Waals surface area (Å²) in [5.41, 5.74) is 6.51. The number of anilines is 1. The molecule has 0 radical (unpaired) electrons. The minimum atomic E-state index is -0.103. The average Bonchev–Trinajstić information content (AvgIpc) is 2.33. The number of methoxy groups -OCH3 is 1. The van der Waals surface area contributed by atoms with Crippen LogP contribution in [-0.4, -0.2) is 31.0 Å². The van der Waals surface area contributed by atoms with Gasteiger partial charge in [0.2, 0.25) is 0 Å². The molecule has 94 valence electrons. The van der Waals surface area contributed by atoms with Crippen LogP contribution in [0, 0.1) is 0 Å². The van der Waals surface area contributed by atoms with E-state index in [1.807, 2.05) is 13.8 Å². The monoisotopic (exact) mass is 256 g/mol. The number of nitrogen functional groups attached to an aromatic ring is 1. The van der Waals surface area contributed by atoms with E-state index in [-0.39, 0.29) is 5.91 Å². The summed E-state index contributed by atoms with van der Waals surface area (Å²) in [6.45, 7) is 5.13. The van der Waals surface area contributed by atoms with Gasteiger partial charge in [0.1, 0.15) is 5.75 Å². The molecule has 1 amide bonds. The predicted molar refractivity (Wildman–Crippen MR) is 69.7 cm³/mol. The highest BCUT2D eigenvalue weighted by Gasteiger charge is 2.18. The van der Waals surface area contributed by atoms with Crippen molar-refractivity contribution in [3.05, 3.63) is 22.7 Å². The molecule has 17 heavy (non-hydrogen) atoms. The van der Waals surface area contributed by atoms with E-state index >= 15 is 0 Å². The number of benzene rings is 1. The molecule has 1 rings (SSSR count). The molecule has 0 saturated carbocycles. The maximum absolute atomic E-state index is 12.2. The van der Waals surface area contributed by atoms with Crippen molar-refractivity contribution in [2.45, 2.75) is 13.8 Å². The van der Waals surface area contributed by atoms with Crippen LogP contribution in [-0.2, 0) is 0 Å². The second-order valence-corrected chi connectivity index (χ2v) is 3.96. The molecule has 2 N–H and O–H groups in total. The van der Waals surface area contributed by atoms with Gasteiger partial charge < -0.3 is 15.4 Å². The van der Waals surface area contributed by atoms with Gasteiger partial charge in [-0.05, 0) is 19.9 Å². The van der Waals surface area contributed by atoms with E-state index in [1.54, 1.807) is 17.0 Å². The Hall–Kier alpha value is -1.42. The first kappa shape index (κ1) is 13.6. The highest BCUT2D eigenvalue weighted by Crippen LogP contribution is 2.29. The Kier molecular flexibility index (Phi) is 4.63. The number of halogens is 1. The molecule has 0 atom stereocenters. The Balaban J connectivity index is 3.20. The maximum atomic E-state index is 12.2. The molecule has 0 aromatic heterocycles. The third-order valence-electron chi connectivity index (χ3n) is 2.60. The molecular formula is C12H17ClN2O2. The van der Waals surface area contributed by atoms with Crippen molar-refractivity contribution in [1.29, 1.82) is 0 Å². The van der Waals surface area contributed by atoms with Crippen LogP contribution in [0.1, 0.15) is 24.2 Å². The number of nitrogens with zero attached hydrogens (tertiary/aromatic N) is 1. The van der Waals surface area contributed by atoms with E-state index in [9.17, 15) is 4.79 Å². The quantitative estimate of drug-likeness (QED) is 0.842. The summed E-state index contributed by atoms with van der Waals surface area (Å²) in [6.07, 6.45) is 0. The second-order valence-electron chi connectivity index (χ2n) is 3.55. The molecule has 0 aliphatic carbocycles. The molecular weight excluding hydrogens is 240 g/mol. The number of hydrogen-bond acceptors (Lipinski definition) is 3. The highest BCUT2D eigenvalue weighted by molar-refractivity contribution is 6.33. The Morgan fingerprint density at radius 3 is 2.47 bits per heavy atom. The van der Waals surface area contributed by atoms with Gasteiger partial charge in [-0.1, -0.05) is 11.6 Å². The van der Waals surface area contributed by atoms with Crippen LogP contribution < -0.4 is 10.5 Å². The van der Waals surface area contributed by atoms with Crippen LogP contribution in [0.4, 0.5) is 5.69 Å². The summed E-state index contributed by atoms with van der Waals surface area (Å²) < 4.78 is 5.16. The second kappa shape index (κ2) is 5.77. The minimum absolute atomic E-state index is 0.103. The van der Waals surface area contributed by atoms with Crippen molar-refractivity contribution in [3.8, 4) is 5.75 Å². The lowest BCUT2D eigenvalue weighted by molar-refractivity contribution is 0.0769. The first-order chi connectivity index (χ1) is 8.04. The first-order valence-corrected chi connectivity index (χ1v) is 5.85. The standard InChI is InChI=1S/C12H17ClN2O2/c1-4-15(5-2)12(16)8-6-9(13)10(14)7-11(8)17-3/h6-7H,4-5,14H2,1-3H3. The summed E-state index contributed by atoms with van der Waals surface area (Å²) in [5, 5.41) is 0.362. The van der Waals surface area contributed by atoms with Crippen molar-refractivity contribution in [2.24, 2.45) is 0 Å². The Morgan fingerprint density at radius 1 is 1.41 bits per heavy atom. The Morgan fingerprint density at radius 2 is 2.00 bits per heavy atom. The molecule has 1 aromatic carbocycles. The average molecular weight is 257 g/mol. The molecule has 0 bridgehead atoms. The van der Waals surface area contributed by atoms with E-state index in [2.05, 4.69) is 0 Å². The minimum Gasteiger partial charge on any atom is -0.496 e. The van der Waals surface area contributed by atoms with Gasteiger partial charge in [0.15, 0.2) is 0 Å². The molecule has 4 nitrogen and oxygen atoms in total. The van der Waals surface area contributed by atoms with Crippen molar-refractivity contribution in [1.82, 2.24) is 4.90 Å². The molecule has 0 aliphatic heterocycles. The highest BCUT2D eigenvalue weighted by atomic mass is 35.5. The van der Waals surface area contributed by atoms with Gasteiger partial charge >= 0.3 is 0 Å². The third kappa shape index (κ3) is 2.82. The number of carbonyl (C=O) groups is 1. The van der Waals surface area contributed by atoms with E-state index in [1.165, 1.54) is 7.11 Å². The Labute approximate surface area is 106 Å². The molecule has 0 aliphatic rings. The fraction of sp³-hybridized carbons (Fsp3) is 0.417. The van der Waals surface area contributed by atoms with Gasteiger partial charge in [-0.25, -0.2) is 0 Å². The summed E-state index contributed by atoms with van der Waals surface area (Å²) in [5.74, 6) is 0.345. The van der Waals surface area contributed by atoms with Crippen molar-refractivity contribution in [3.63, 3.8) is 0 Å². The van der Waals surface area contributed by atoms with E-state index in [0.717, 1.165) is 0 Å². The van der Waals surface area contributed by atoms with E-state index in [4.69, 9.17) is 22.1 Å². The lowest BCUT2D eigenvalue weighted by atomic mass is 10.1. The number of hydrogen-bond donors (Lipinski definition) is 1. The number of amides is 1. The van der Waals surface area contributed by atoms with Crippen LogP contribution in [0.15, 0.2) is 12.1 Å². The molecule has 0 heterocycles. The zero-order valence-electron chi connectivity index (χ0n) is 10.3. The third-order valence-corrected chi connectivity index (χ3v) is 2.93. The van der Waals surface area contributed by atoms with Gasteiger partial charge in [-0.3, -0.25) is 4.79 Å². The van der Waals surface area contributed by atoms with Crippen molar-refractivity contribution < 1.29 is 9.53 Å². The van der Waals surface area contributed by atoms with Gasteiger partial charge in [0.05, 0.1) is 23.4 Å². The van der Waals surface area contributed by atoms with Crippen LogP contribution in [0.3, 0.4) is 0 Å². The fourth-order valence-corrected chi connectivity index (χ4v) is 1.75.